The summed E-state index contributed by atoms with van der Waals surface area (Å²) in [5, 5.41) is 4.44. The van der Waals surface area contributed by atoms with Crippen LogP contribution in [0.3, 0.4) is 0 Å². The van der Waals surface area contributed by atoms with E-state index in [4.69, 9.17) is 11.6 Å². The van der Waals surface area contributed by atoms with Gasteiger partial charge in [-0.3, -0.25) is 0 Å². The number of nitrogens with one attached hydrogen (secondary N) is 1. The number of benzene rings is 2. The average Bonchev–Trinajstić information content (AvgIpc) is 2.42. The van der Waals surface area contributed by atoms with Gasteiger partial charge in [-0.25, -0.2) is 0 Å². The molecule has 0 saturated heterocycles. The fraction of sp³-hybridized carbons (Fsp3) is 0.333. The predicted molar refractivity (Wildman–Crippen MR) is 87.5 cm³/mol. The zero-order chi connectivity index (χ0) is 14.5. The second-order valence-corrected chi connectivity index (χ2v) is 5.68. The van der Waals surface area contributed by atoms with Crippen molar-refractivity contribution in [3.8, 4) is 0 Å². The van der Waals surface area contributed by atoms with Crippen LogP contribution in [0.15, 0.2) is 42.5 Å². The van der Waals surface area contributed by atoms with Crippen LogP contribution in [0.25, 0.3) is 0 Å². The fourth-order valence-electron chi connectivity index (χ4n) is 2.53. The van der Waals surface area contributed by atoms with Crippen LogP contribution in [0.5, 0.6) is 0 Å². The maximum absolute atomic E-state index is 6.39. The zero-order valence-electron chi connectivity index (χ0n) is 12.4. The Balaban J connectivity index is 2.44. The van der Waals surface area contributed by atoms with Crippen molar-refractivity contribution in [2.45, 2.75) is 33.2 Å². The van der Waals surface area contributed by atoms with Crippen molar-refractivity contribution in [3.63, 3.8) is 0 Å². The van der Waals surface area contributed by atoms with Gasteiger partial charge < -0.3 is 5.32 Å². The van der Waals surface area contributed by atoms with Crippen molar-refractivity contribution in [2.24, 2.45) is 0 Å². The van der Waals surface area contributed by atoms with E-state index in [9.17, 15) is 0 Å². The third kappa shape index (κ3) is 3.41. The van der Waals surface area contributed by atoms with E-state index in [0.29, 0.717) is 0 Å². The molecule has 0 bridgehead atoms. The third-order valence-electron chi connectivity index (χ3n) is 3.55. The summed E-state index contributed by atoms with van der Waals surface area (Å²) in [6.45, 7) is 7.45. The second kappa shape index (κ2) is 6.92. The summed E-state index contributed by atoms with van der Waals surface area (Å²) in [5.74, 6) is 0. The van der Waals surface area contributed by atoms with Gasteiger partial charge in [-0.05, 0) is 49.6 Å². The summed E-state index contributed by atoms with van der Waals surface area (Å²) in [6.07, 6.45) is 1.10. The molecule has 2 heteroatoms. The van der Waals surface area contributed by atoms with Gasteiger partial charge in [0, 0.05) is 5.02 Å². The van der Waals surface area contributed by atoms with Crippen LogP contribution in [0.1, 0.15) is 41.6 Å². The number of rotatable bonds is 5. The quantitative estimate of drug-likeness (QED) is 0.812. The standard InChI is InChI=1S/C18H22ClN/c1-4-11-20-18(16-7-5-6-8-17(16)19)15-10-9-13(2)12-14(15)3/h5-10,12,18,20H,4,11H2,1-3H3. The van der Waals surface area contributed by atoms with Crippen LogP contribution < -0.4 is 5.32 Å². The summed E-state index contributed by atoms with van der Waals surface area (Å²) in [6, 6.07) is 14.9. The predicted octanol–water partition coefficient (Wildman–Crippen LogP) is 5.05. The molecular formula is C18H22ClN. The van der Waals surface area contributed by atoms with E-state index in [0.717, 1.165) is 23.6 Å². The normalized spacial score (nSPS) is 12.4. The summed E-state index contributed by atoms with van der Waals surface area (Å²) in [5.41, 5.74) is 5.05. The zero-order valence-corrected chi connectivity index (χ0v) is 13.2. The molecule has 0 aromatic heterocycles. The van der Waals surface area contributed by atoms with E-state index >= 15 is 0 Å². The van der Waals surface area contributed by atoms with E-state index in [1.807, 2.05) is 18.2 Å². The van der Waals surface area contributed by atoms with E-state index in [1.165, 1.54) is 16.7 Å². The van der Waals surface area contributed by atoms with Gasteiger partial charge in [0.15, 0.2) is 0 Å². The molecule has 0 aliphatic heterocycles. The van der Waals surface area contributed by atoms with Gasteiger partial charge in [-0.1, -0.05) is 60.5 Å². The molecule has 20 heavy (non-hydrogen) atoms. The Hall–Kier alpha value is -1.31. The molecule has 0 aliphatic carbocycles. The molecule has 0 aliphatic rings. The Labute approximate surface area is 127 Å². The van der Waals surface area contributed by atoms with Gasteiger partial charge in [-0.2, -0.15) is 0 Å². The van der Waals surface area contributed by atoms with Crippen LogP contribution in [0, 0.1) is 13.8 Å². The SMILES string of the molecule is CCCNC(c1ccc(C)cc1C)c1ccccc1Cl. The Morgan fingerprint density at radius 1 is 1.05 bits per heavy atom. The molecule has 1 N–H and O–H groups in total. The highest BCUT2D eigenvalue weighted by Gasteiger charge is 2.17. The highest BCUT2D eigenvalue weighted by Crippen LogP contribution is 2.30. The van der Waals surface area contributed by atoms with Crippen molar-refractivity contribution in [1.29, 1.82) is 0 Å². The first-order valence-electron chi connectivity index (χ1n) is 7.18. The summed E-state index contributed by atoms with van der Waals surface area (Å²) >= 11 is 6.39. The van der Waals surface area contributed by atoms with Gasteiger partial charge in [0.2, 0.25) is 0 Å². The van der Waals surface area contributed by atoms with Crippen LogP contribution in [-0.4, -0.2) is 6.54 Å². The first-order valence-corrected chi connectivity index (χ1v) is 7.56. The van der Waals surface area contributed by atoms with E-state index in [2.05, 4.69) is 50.4 Å². The van der Waals surface area contributed by atoms with Crippen LogP contribution in [-0.2, 0) is 0 Å². The molecule has 0 fully saturated rings. The molecule has 2 rings (SSSR count). The lowest BCUT2D eigenvalue weighted by Crippen LogP contribution is -2.24. The second-order valence-electron chi connectivity index (χ2n) is 5.27. The molecule has 1 atom stereocenters. The molecule has 1 unspecified atom stereocenters. The smallest absolute Gasteiger partial charge is 0.0594 e. The minimum atomic E-state index is 0.157. The molecule has 0 heterocycles. The van der Waals surface area contributed by atoms with Gasteiger partial charge in [0.1, 0.15) is 0 Å². The Morgan fingerprint density at radius 2 is 1.80 bits per heavy atom. The molecule has 1 nitrogen and oxygen atoms in total. The lowest BCUT2D eigenvalue weighted by Gasteiger charge is -2.23. The number of aryl methyl sites for hydroxylation is 2. The summed E-state index contributed by atoms with van der Waals surface area (Å²) in [4.78, 5) is 0. The molecule has 106 valence electrons. The highest BCUT2D eigenvalue weighted by molar-refractivity contribution is 6.31. The van der Waals surface area contributed by atoms with Crippen molar-refractivity contribution in [2.75, 3.05) is 6.54 Å². The maximum Gasteiger partial charge on any atom is 0.0594 e. The van der Waals surface area contributed by atoms with E-state index < -0.39 is 0 Å². The lowest BCUT2D eigenvalue weighted by atomic mass is 9.93. The van der Waals surface area contributed by atoms with Gasteiger partial charge in [-0.15, -0.1) is 0 Å². The third-order valence-corrected chi connectivity index (χ3v) is 3.90. The van der Waals surface area contributed by atoms with Gasteiger partial charge in [0.25, 0.3) is 0 Å². The largest absolute Gasteiger partial charge is 0.306 e. The Bertz CT molecular complexity index is 577. The topological polar surface area (TPSA) is 12.0 Å². The van der Waals surface area contributed by atoms with Crippen molar-refractivity contribution >= 4 is 11.6 Å². The van der Waals surface area contributed by atoms with E-state index in [1.54, 1.807) is 0 Å². The summed E-state index contributed by atoms with van der Waals surface area (Å²) in [7, 11) is 0. The van der Waals surface area contributed by atoms with Gasteiger partial charge in [0.05, 0.1) is 6.04 Å². The molecule has 2 aromatic rings. The van der Waals surface area contributed by atoms with E-state index in [-0.39, 0.29) is 6.04 Å². The van der Waals surface area contributed by atoms with Crippen molar-refractivity contribution in [3.05, 3.63) is 69.7 Å². The molecule has 0 radical (unpaired) electrons. The van der Waals surface area contributed by atoms with Gasteiger partial charge >= 0.3 is 0 Å². The maximum atomic E-state index is 6.39. The number of hydrogen-bond donors (Lipinski definition) is 1. The van der Waals surface area contributed by atoms with Crippen LogP contribution in [0.4, 0.5) is 0 Å². The first-order chi connectivity index (χ1) is 9.63. The molecular weight excluding hydrogens is 266 g/mol. The molecule has 0 saturated carbocycles. The minimum absolute atomic E-state index is 0.157. The number of halogens is 1. The first kappa shape index (κ1) is 15.1. The average molecular weight is 288 g/mol. The lowest BCUT2D eigenvalue weighted by molar-refractivity contribution is 0.596. The summed E-state index contributed by atoms with van der Waals surface area (Å²) < 4.78 is 0. The monoisotopic (exact) mass is 287 g/mol. The minimum Gasteiger partial charge on any atom is -0.306 e. The van der Waals surface area contributed by atoms with Crippen molar-refractivity contribution in [1.82, 2.24) is 5.32 Å². The van der Waals surface area contributed by atoms with Crippen LogP contribution in [0.2, 0.25) is 5.02 Å². The highest BCUT2D eigenvalue weighted by atomic mass is 35.5. The molecule has 0 amide bonds. The fourth-order valence-corrected chi connectivity index (χ4v) is 2.78. The molecule has 0 spiro atoms. The Morgan fingerprint density at radius 3 is 2.45 bits per heavy atom. The van der Waals surface area contributed by atoms with Crippen LogP contribution >= 0.6 is 11.6 Å². The Kier molecular flexibility index (Phi) is 5.22. The van der Waals surface area contributed by atoms with Crippen molar-refractivity contribution < 1.29 is 0 Å². The number of hydrogen-bond acceptors (Lipinski definition) is 1. The molecule has 2 aromatic carbocycles.